The quantitative estimate of drug-likeness (QED) is 0.734. The Balaban J connectivity index is 1.97. The van der Waals surface area contributed by atoms with Gasteiger partial charge in [0.1, 0.15) is 5.82 Å². The summed E-state index contributed by atoms with van der Waals surface area (Å²) >= 11 is 0. The van der Waals surface area contributed by atoms with Gasteiger partial charge in [0, 0.05) is 18.2 Å². The molecular weight excluding hydrogens is 258 g/mol. The average molecular weight is 279 g/mol. The molecule has 0 aliphatic heterocycles. The highest BCUT2D eigenvalue weighted by Gasteiger charge is 2.13. The molecule has 1 aromatic heterocycles. The van der Waals surface area contributed by atoms with E-state index >= 15 is 0 Å². The second-order valence-corrected chi connectivity index (χ2v) is 5.76. The summed E-state index contributed by atoms with van der Waals surface area (Å²) in [5, 5.41) is 0. The number of hydrogen-bond donors (Lipinski definition) is 1. The third-order valence-electron chi connectivity index (χ3n) is 3.79. The van der Waals surface area contributed by atoms with E-state index in [2.05, 4.69) is 54.8 Å². The lowest BCUT2D eigenvalue weighted by molar-refractivity contribution is 0.634. The minimum atomic E-state index is 0.398. The summed E-state index contributed by atoms with van der Waals surface area (Å²) in [5.41, 5.74) is 10.2. The fourth-order valence-corrected chi connectivity index (χ4v) is 2.73. The van der Waals surface area contributed by atoms with Crippen LogP contribution in [0.15, 0.2) is 48.5 Å². The Hall–Kier alpha value is -2.29. The molecule has 2 N–H and O–H groups in total. The van der Waals surface area contributed by atoms with Gasteiger partial charge in [-0.15, -0.1) is 0 Å². The number of hydrogen-bond acceptors (Lipinski definition) is 2. The normalized spacial score (nSPS) is 11.4. The van der Waals surface area contributed by atoms with Crippen molar-refractivity contribution in [1.82, 2.24) is 9.55 Å². The highest BCUT2D eigenvalue weighted by atomic mass is 15.1. The van der Waals surface area contributed by atoms with Crippen LogP contribution in [0.2, 0.25) is 0 Å². The summed E-state index contributed by atoms with van der Waals surface area (Å²) in [6.07, 6.45) is 1.01. The number of nitrogens with zero attached hydrogens (tertiary/aromatic N) is 2. The molecule has 3 rings (SSSR count). The molecule has 0 fully saturated rings. The summed E-state index contributed by atoms with van der Waals surface area (Å²) < 4.78 is 2.33. The number of anilines is 1. The molecule has 3 heteroatoms. The van der Waals surface area contributed by atoms with Gasteiger partial charge in [0.25, 0.3) is 0 Å². The molecule has 0 radical (unpaired) electrons. The number of imidazole rings is 1. The van der Waals surface area contributed by atoms with Crippen molar-refractivity contribution < 1.29 is 0 Å². The van der Waals surface area contributed by atoms with Crippen LogP contribution in [-0.2, 0) is 13.0 Å². The summed E-state index contributed by atoms with van der Waals surface area (Å²) in [4.78, 5) is 4.77. The van der Waals surface area contributed by atoms with Gasteiger partial charge in [0.15, 0.2) is 0 Å². The van der Waals surface area contributed by atoms with Crippen LogP contribution < -0.4 is 5.73 Å². The molecule has 3 aromatic rings. The van der Waals surface area contributed by atoms with Gasteiger partial charge in [-0.2, -0.15) is 0 Å². The Kier molecular flexibility index (Phi) is 3.65. The first kappa shape index (κ1) is 13.7. The molecule has 2 aromatic carbocycles. The lowest BCUT2D eigenvalue weighted by Gasteiger charge is -2.11. The van der Waals surface area contributed by atoms with Crippen molar-refractivity contribution in [3.63, 3.8) is 0 Å². The fraction of sp³-hybridized carbons (Fsp3) is 0.278. The largest absolute Gasteiger partial charge is 0.399 e. The number of fused-ring (bicyclic) bond motifs is 1. The number of aromatic nitrogens is 2. The van der Waals surface area contributed by atoms with Crippen LogP contribution in [0.25, 0.3) is 11.0 Å². The van der Waals surface area contributed by atoms with E-state index in [1.54, 1.807) is 0 Å². The first-order valence-electron chi connectivity index (χ1n) is 7.44. The zero-order chi connectivity index (χ0) is 14.8. The standard InChI is InChI=1S/C18H21N3/c1-13(2)18-20-16-12-15(19)8-9-17(16)21(18)11-10-14-6-4-3-5-7-14/h3-9,12-13H,10-11,19H2,1-2H3. The van der Waals surface area contributed by atoms with Crippen molar-refractivity contribution in [1.29, 1.82) is 0 Å². The molecular formula is C18H21N3. The van der Waals surface area contributed by atoms with Crippen LogP contribution in [0, 0.1) is 0 Å². The minimum Gasteiger partial charge on any atom is -0.399 e. The molecule has 0 unspecified atom stereocenters. The van der Waals surface area contributed by atoms with Crippen molar-refractivity contribution in [3.8, 4) is 0 Å². The Labute approximate surface area is 125 Å². The maximum Gasteiger partial charge on any atom is 0.112 e. The number of aryl methyl sites for hydroxylation is 2. The van der Waals surface area contributed by atoms with Crippen molar-refractivity contribution in [2.75, 3.05) is 5.73 Å². The van der Waals surface area contributed by atoms with Crippen LogP contribution in [0.4, 0.5) is 5.69 Å². The van der Waals surface area contributed by atoms with Crippen LogP contribution >= 0.6 is 0 Å². The SMILES string of the molecule is CC(C)c1nc2cc(N)ccc2n1CCc1ccccc1. The van der Waals surface area contributed by atoms with Gasteiger partial charge in [-0.1, -0.05) is 44.2 Å². The summed E-state index contributed by atoms with van der Waals surface area (Å²) in [6, 6.07) is 16.6. The average Bonchev–Trinajstić information content (AvgIpc) is 2.84. The van der Waals surface area contributed by atoms with E-state index in [1.165, 1.54) is 11.1 Å². The van der Waals surface area contributed by atoms with Crippen LogP contribution in [0.5, 0.6) is 0 Å². The Morgan fingerprint density at radius 2 is 1.86 bits per heavy atom. The van der Waals surface area contributed by atoms with Gasteiger partial charge in [-0.3, -0.25) is 0 Å². The van der Waals surface area contributed by atoms with E-state index in [0.29, 0.717) is 5.92 Å². The lowest BCUT2D eigenvalue weighted by Crippen LogP contribution is -2.07. The number of benzene rings is 2. The van der Waals surface area contributed by atoms with Gasteiger partial charge >= 0.3 is 0 Å². The van der Waals surface area contributed by atoms with Gasteiger partial charge < -0.3 is 10.3 Å². The van der Waals surface area contributed by atoms with Crippen molar-refractivity contribution >= 4 is 16.7 Å². The van der Waals surface area contributed by atoms with E-state index in [0.717, 1.165) is 30.0 Å². The zero-order valence-electron chi connectivity index (χ0n) is 12.6. The van der Waals surface area contributed by atoms with E-state index in [-0.39, 0.29) is 0 Å². The number of nitrogens with two attached hydrogens (primary N) is 1. The van der Waals surface area contributed by atoms with Gasteiger partial charge in [-0.25, -0.2) is 4.98 Å². The second kappa shape index (κ2) is 5.60. The fourth-order valence-electron chi connectivity index (χ4n) is 2.73. The first-order chi connectivity index (χ1) is 10.1. The molecule has 0 saturated heterocycles. The minimum absolute atomic E-state index is 0.398. The molecule has 0 amide bonds. The van der Waals surface area contributed by atoms with Gasteiger partial charge in [-0.05, 0) is 30.2 Å². The summed E-state index contributed by atoms with van der Waals surface area (Å²) in [6.45, 7) is 5.31. The Morgan fingerprint density at radius 3 is 2.57 bits per heavy atom. The monoisotopic (exact) mass is 279 g/mol. The molecule has 0 atom stereocenters. The molecule has 21 heavy (non-hydrogen) atoms. The van der Waals surface area contributed by atoms with Crippen molar-refractivity contribution in [2.24, 2.45) is 0 Å². The summed E-state index contributed by atoms with van der Waals surface area (Å²) in [7, 11) is 0. The van der Waals surface area contributed by atoms with E-state index in [4.69, 9.17) is 10.7 Å². The first-order valence-corrected chi connectivity index (χ1v) is 7.44. The lowest BCUT2D eigenvalue weighted by atomic mass is 10.1. The highest BCUT2D eigenvalue weighted by Crippen LogP contribution is 2.24. The van der Waals surface area contributed by atoms with E-state index < -0.39 is 0 Å². The van der Waals surface area contributed by atoms with Crippen LogP contribution in [-0.4, -0.2) is 9.55 Å². The molecule has 108 valence electrons. The maximum absolute atomic E-state index is 5.88. The van der Waals surface area contributed by atoms with E-state index in [1.807, 2.05) is 12.1 Å². The maximum atomic E-state index is 5.88. The smallest absolute Gasteiger partial charge is 0.112 e. The van der Waals surface area contributed by atoms with Crippen molar-refractivity contribution in [3.05, 3.63) is 59.9 Å². The third kappa shape index (κ3) is 2.77. The Bertz CT molecular complexity index is 742. The number of rotatable bonds is 4. The molecule has 1 heterocycles. The summed E-state index contributed by atoms with van der Waals surface area (Å²) in [5.74, 6) is 1.53. The van der Waals surface area contributed by atoms with Gasteiger partial charge in [0.05, 0.1) is 11.0 Å². The second-order valence-electron chi connectivity index (χ2n) is 5.76. The highest BCUT2D eigenvalue weighted by molar-refractivity contribution is 5.79. The molecule has 0 bridgehead atoms. The molecule has 0 spiro atoms. The third-order valence-corrected chi connectivity index (χ3v) is 3.79. The predicted octanol–water partition coefficient (Wildman–Crippen LogP) is 3.98. The predicted molar refractivity (Wildman–Crippen MR) is 88.4 cm³/mol. The Morgan fingerprint density at radius 1 is 1.10 bits per heavy atom. The number of nitrogen functional groups attached to an aromatic ring is 1. The topological polar surface area (TPSA) is 43.8 Å². The van der Waals surface area contributed by atoms with Crippen LogP contribution in [0.3, 0.4) is 0 Å². The van der Waals surface area contributed by atoms with Gasteiger partial charge in [0.2, 0.25) is 0 Å². The van der Waals surface area contributed by atoms with E-state index in [9.17, 15) is 0 Å². The van der Waals surface area contributed by atoms with Crippen LogP contribution in [0.1, 0.15) is 31.2 Å². The molecule has 0 aliphatic rings. The zero-order valence-corrected chi connectivity index (χ0v) is 12.6. The molecule has 3 nitrogen and oxygen atoms in total. The van der Waals surface area contributed by atoms with Crippen molar-refractivity contribution in [2.45, 2.75) is 32.7 Å². The molecule has 0 aliphatic carbocycles. The molecule has 0 saturated carbocycles.